The molecule has 30 heavy (non-hydrogen) atoms. The molecule has 0 aromatic heterocycles. The number of halogens is 1. The van der Waals surface area contributed by atoms with Gasteiger partial charge in [-0.25, -0.2) is 0 Å². The first-order valence-electron chi connectivity index (χ1n) is 10.4. The van der Waals surface area contributed by atoms with Crippen molar-refractivity contribution in [1.82, 2.24) is 0 Å². The van der Waals surface area contributed by atoms with Crippen molar-refractivity contribution < 1.29 is 9.59 Å². The minimum absolute atomic E-state index is 0.0180. The van der Waals surface area contributed by atoms with Gasteiger partial charge in [-0.1, -0.05) is 63.6 Å². The van der Waals surface area contributed by atoms with Crippen LogP contribution in [0.4, 0.5) is 11.4 Å². The monoisotopic (exact) mass is 422 g/mol. The fourth-order valence-corrected chi connectivity index (χ4v) is 4.59. The smallest absolute Gasteiger partial charge is 0.230 e. The van der Waals surface area contributed by atoms with E-state index in [-0.39, 0.29) is 23.0 Å². The van der Waals surface area contributed by atoms with Gasteiger partial charge in [0.05, 0.1) is 17.4 Å². The van der Waals surface area contributed by atoms with Crippen molar-refractivity contribution in [2.45, 2.75) is 46.6 Å². The predicted octanol–water partition coefficient (Wildman–Crippen LogP) is 6.14. The molecule has 2 aliphatic rings. The van der Waals surface area contributed by atoms with Crippen molar-refractivity contribution in [3.05, 3.63) is 70.4 Å². The lowest BCUT2D eigenvalue weighted by Gasteiger charge is -2.37. The Kier molecular flexibility index (Phi) is 5.23. The van der Waals surface area contributed by atoms with E-state index in [9.17, 15) is 9.59 Å². The van der Waals surface area contributed by atoms with Gasteiger partial charge in [-0.3, -0.25) is 14.5 Å². The van der Waals surface area contributed by atoms with Gasteiger partial charge < -0.3 is 5.32 Å². The molecule has 1 heterocycles. The predicted molar refractivity (Wildman–Crippen MR) is 122 cm³/mol. The number of hydrogen-bond acceptors (Lipinski definition) is 3. The summed E-state index contributed by atoms with van der Waals surface area (Å²) in [5, 5.41) is 4.14. The number of nitrogens with zero attached hydrogens (tertiary/aromatic N) is 1. The third-order valence-electron chi connectivity index (χ3n) is 5.82. The first-order valence-corrected chi connectivity index (χ1v) is 10.8. The molecule has 156 valence electrons. The van der Waals surface area contributed by atoms with Gasteiger partial charge in [0.15, 0.2) is 5.78 Å². The maximum absolute atomic E-state index is 13.5. The highest BCUT2D eigenvalue weighted by atomic mass is 35.5. The Morgan fingerprint density at radius 2 is 1.77 bits per heavy atom. The molecule has 4 rings (SSSR count). The zero-order chi connectivity index (χ0) is 21.6. The molecule has 0 bridgehead atoms. The average Bonchev–Trinajstić information content (AvgIpc) is 2.81. The van der Waals surface area contributed by atoms with Gasteiger partial charge in [0.2, 0.25) is 5.91 Å². The Morgan fingerprint density at radius 3 is 2.43 bits per heavy atom. The number of carbonyl (C=O) groups excluding carboxylic acids is 2. The second kappa shape index (κ2) is 7.59. The number of benzene rings is 2. The first-order chi connectivity index (χ1) is 14.2. The van der Waals surface area contributed by atoms with Gasteiger partial charge in [0.1, 0.15) is 0 Å². The summed E-state index contributed by atoms with van der Waals surface area (Å²) in [4.78, 5) is 28.8. The first kappa shape index (κ1) is 20.7. The number of ketones is 1. The van der Waals surface area contributed by atoms with E-state index in [1.807, 2.05) is 62.4 Å². The molecular weight excluding hydrogens is 396 g/mol. The van der Waals surface area contributed by atoms with E-state index in [2.05, 4.69) is 19.2 Å². The SMILES string of the molecule is CC(C)C(=O)N1c2ccccc2NC2=C(C(=O)CC(C)(C)C2)[C@@H]1c1ccc(Cl)cc1. The highest BCUT2D eigenvalue weighted by Crippen LogP contribution is 2.48. The highest BCUT2D eigenvalue weighted by Gasteiger charge is 2.43. The number of nitrogens with one attached hydrogen (secondary N) is 1. The second-order valence-corrected chi connectivity index (χ2v) is 9.73. The largest absolute Gasteiger partial charge is 0.357 e. The van der Waals surface area contributed by atoms with Crippen molar-refractivity contribution >= 4 is 34.7 Å². The van der Waals surface area contributed by atoms with Crippen molar-refractivity contribution in [1.29, 1.82) is 0 Å². The number of fused-ring (bicyclic) bond motifs is 1. The summed E-state index contributed by atoms with van der Waals surface area (Å²) < 4.78 is 0. The molecule has 1 amide bonds. The quantitative estimate of drug-likeness (QED) is 0.632. The van der Waals surface area contributed by atoms with Crippen molar-refractivity contribution in [2.75, 3.05) is 10.2 Å². The zero-order valence-electron chi connectivity index (χ0n) is 17.8. The molecule has 5 heteroatoms. The van der Waals surface area contributed by atoms with Gasteiger partial charge in [0, 0.05) is 28.6 Å². The molecule has 1 N–H and O–H groups in total. The molecule has 0 unspecified atom stereocenters. The Morgan fingerprint density at radius 1 is 1.10 bits per heavy atom. The summed E-state index contributed by atoms with van der Waals surface area (Å²) in [6, 6.07) is 14.8. The van der Waals surface area contributed by atoms with Crippen molar-refractivity contribution in [3.8, 4) is 0 Å². The minimum Gasteiger partial charge on any atom is -0.357 e. The third kappa shape index (κ3) is 3.65. The van der Waals surface area contributed by atoms with Gasteiger partial charge in [-0.15, -0.1) is 0 Å². The summed E-state index contributed by atoms with van der Waals surface area (Å²) >= 11 is 6.14. The molecule has 1 atom stereocenters. The van der Waals surface area contributed by atoms with Crippen molar-refractivity contribution in [3.63, 3.8) is 0 Å². The lowest BCUT2D eigenvalue weighted by Crippen LogP contribution is -2.41. The van der Waals surface area contributed by atoms with Gasteiger partial charge >= 0.3 is 0 Å². The molecule has 0 radical (unpaired) electrons. The summed E-state index contributed by atoms with van der Waals surface area (Å²) in [6.45, 7) is 8.01. The number of rotatable bonds is 2. The summed E-state index contributed by atoms with van der Waals surface area (Å²) in [5.41, 5.74) is 3.97. The normalized spacial score (nSPS) is 20.4. The van der Waals surface area contributed by atoms with Crippen molar-refractivity contribution in [2.24, 2.45) is 11.3 Å². The van der Waals surface area contributed by atoms with Gasteiger partial charge in [0.25, 0.3) is 0 Å². The Bertz CT molecular complexity index is 1040. The maximum Gasteiger partial charge on any atom is 0.230 e. The van der Waals surface area contributed by atoms with Crippen LogP contribution in [0.3, 0.4) is 0 Å². The van der Waals surface area contributed by atoms with Crippen LogP contribution in [0.25, 0.3) is 0 Å². The van der Waals surface area contributed by atoms with E-state index in [1.54, 1.807) is 4.90 Å². The van der Waals surface area contributed by atoms with E-state index in [0.29, 0.717) is 17.0 Å². The molecule has 0 saturated carbocycles. The lowest BCUT2D eigenvalue weighted by atomic mass is 9.73. The van der Waals surface area contributed by atoms with Crippen LogP contribution in [-0.2, 0) is 9.59 Å². The minimum atomic E-state index is -0.494. The molecule has 0 fully saturated rings. The Balaban J connectivity index is 2.01. The van der Waals surface area contributed by atoms with Gasteiger partial charge in [-0.2, -0.15) is 0 Å². The van der Waals surface area contributed by atoms with E-state index in [1.165, 1.54) is 0 Å². The average molecular weight is 423 g/mol. The Hall–Kier alpha value is -2.59. The number of Topliss-reactive ketones (excluding diaryl/α,β-unsaturated/α-hetero) is 1. The van der Waals surface area contributed by atoms with Crippen LogP contribution in [0, 0.1) is 11.3 Å². The summed E-state index contributed by atoms with van der Waals surface area (Å²) in [6.07, 6.45) is 1.20. The number of para-hydroxylation sites is 2. The lowest BCUT2D eigenvalue weighted by molar-refractivity contribution is -0.122. The van der Waals surface area contributed by atoms with E-state index < -0.39 is 6.04 Å². The maximum atomic E-state index is 13.5. The Labute approximate surface area is 182 Å². The molecular formula is C25H27ClN2O2. The molecule has 2 aromatic rings. The standard InChI is InChI=1S/C25H27ClN2O2/c1-15(2)24(30)28-20-8-6-5-7-18(20)27-19-13-25(3,4)14-21(29)22(19)23(28)16-9-11-17(26)12-10-16/h5-12,15,23,27H,13-14H2,1-4H3/t23-/m0/s1. The van der Waals surface area contributed by atoms with E-state index >= 15 is 0 Å². The molecule has 0 saturated heterocycles. The highest BCUT2D eigenvalue weighted by molar-refractivity contribution is 6.30. The van der Waals surface area contributed by atoms with Crippen LogP contribution in [0.5, 0.6) is 0 Å². The van der Waals surface area contributed by atoms with Crippen LogP contribution >= 0.6 is 11.6 Å². The van der Waals surface area contributed by atoms with Crippen LogP contribution in [-0.4, -0.2) is 11.7 Å². The number of allylic oxidation sites excluding steroid dienone is 1. The molecule has 4 nitrogen and oxygen atoms in total. The molecule has 0 spiro atoms. The third-order valence-corrected chi connectivity index (χ3v) is 6.07. The van der Waals surface area contributed by atoms with Crippen LogP contribution in [0.15, 0.2) is 59.8 Å². The van der Waals surface area contributed by atoms with Crippen LogP contribution < -0.4 is 10.2 Å². The van der Waals surface area contributed by atoms with Crippen LogP contribution in [0.2, 0.25) is 5.02 Å². The number of carbonyl (C=O) groups is 2. The van der Waals surface area contributed by atoms with Gasteiger partial charge in [-0.05, 0) is 41.7 Å². The molecule has 1 aliphatic heterocycles. The molecule has 1 aliphatic carbocycles. The van der Waals surface area contributed by atoms with E-state index in [0.717, 1.165) is 29.1 Å². The fraction of sp³-hybridized carbons (Fsp3) is 0.360. The number of amides is 1. The van der Waals surface area contributed by atoms with E-state index in [4.69, 9.17) is 11.6 Å². The number of anilines is 2. The summed E-state index contributed by atoms with van der Waals surface area (Å²) in [5.74, 6) is -0.149. The zero-order valence-corrected chi connectivity index (χ0v) is 18.6. The molecule has 2 aromatic carbocycles. The summed E-state index contributed by atoms with van der Waals surface area (Å²) in [7, 11) is 0. The second-order valence-electron chi connectivity index (χ2n) is 9.29. The van der Waals surface area contributed by atoms with Crippen LogP contribution in [0.1, 0.15) is 52.1 Å². The number of hydrogen-bond donors (Lipinski definition) is 1. The fourth-order valence-electron chi connectivity index (χ4n) is 4.47. The topological polar surface area (TPSA) is 49.4 Å².